The van der Waals surface area contributed by atoms with Gasteiger partial charge in [-0.05, 0) is 33.6 Å². The van der Waals surface area contributed by atoms with E-state index in [1.54, 1.807) is 20.8 Å². The maximum Gasteiger partial charge on any atom is 0.407 e. The van der Waals surface area contributed by atoms with Crippen molar-refractivity contribution in [1.82, 2.24) is 10.6 Å². The average molecular weight is 256 g/mol. The van der Waals surface area contributed by atoms with Gasteiger partial charge in [0, 0.05) is 19.0 Å². The Labute approximate surface area is 109 Å². The number of carbonyl (C=O) groups is 2. The van der Waals surface area contributed by atoms with Crippen molar-refractivity contribution in [3.63, 3.8) is 0 Å². The summed E-state index contributed by atoms with van der Waals surface area (Å²) < 4.78 is 5.07. The Bertz CT molecular complexity index is 291. The van der Waals surface area contributed by atoms with E-state index in [4.69, 9.17) is 4.74 Å². The average Bonchev–Trinajstić information content (AvgIpc) is 2.67. The van der Waals surface area contributed by atoms with Crippen LogP contribution >= 0.6 is 0 Å². The molecule has 0 unspecified atom stereocenters. The van der Waals surface area contributed by atoms with E-state index in [1.165, 1.54) is 12.8 Å². The minimum atomic E-state index is -0.504. The van der Waals surface area contributed by atoms with Crippen LogP contribution in [0, 0.1) is 0 Å². The maximum absolute atomic E-state index is 11.6. The predicted molar refractivity (Wildman–Crippen MR) is 69.3 cm³/mol. The number of rotatable bonds is 4. The summed E-state index contributed by atoms with van der Waals surface area (Å²) in [5.41, 5.74) is -0.504. The Morgan fingerprint density at radius 1 is 1.22 bits per heavy atom. The first-order chi connectivity index (χ1) is 8.37. The lowest BCUT2D eigenvalue weighted by molar-refractivity contribution is -0.121. The van der Waals surface area contributed by atoms with E-state index in [0.717, 1.165) is 12.8 Å². The van der Waals surface area contributed by atoms with Gasteiger partial charge in [-0.25, -0.2) is 4.79 Å². The van der Waals surface area contributed by atoms with Crippen molar-refractivity contribution in [3.05, 3.63) is 0 Å². The molecule has 0 saturated heterocycles. The van der Waals surface area contributed by atoms with Gasteiger partial charge in [0.05, 0.1) is 0 Å². The van der Waals surface area contributed by atoms with Gasteiger partial charge in [-0.2, -0.15) is 0 Å². The molecule has 0 aromatic carbocycles. The Balaban J connectivity index is 2.09. The molecule has 18 heavy (non-hydrogen) atoms. The molecule has 0 atom stereocenters. The number of hydrogen-bond acceptors (Lipinski definition) is 3. The van der Waals surface area contributed by atoms with Crippen LogP contribution in [-0.4, -0.2) is 30.2 Å². The van der Waals surface area contributed by atoms with Gasteiger partial charge in [0.25, 0.3) is 0 Å². The van der Waals surface area contributed by atoms with E-state index >= 15 is 0 Å². The Kier molecular flexibility index (Phi) is 5.44. The summed E-state index contributed by atoms with van der Waals surface area (Å²) in [4.78, 5) is 22.9. The number of amides is 2. The molecular weight excluding hydrogens is 232 g/mol. The van der Waals surface area contributed by atoms with Crippen molar-refractivity contribution >= 4 is 12.0 Å². The van der Waals surface area contributed by atoms with Crippen molar-refractivity contribution < 1.29 is 14.3 Å². The summed E-state index contributed by atoms with van der Waals surface area (Å²) in [6, 6.07) is 0.332. The molecule has 5 heteroatoms. The van der Waals surface area contributed by atoms with Gasteiger partial charge in [0.15, 0.2) is 0 Å². The van der Waals surface area contributed by atoms with Crippen molar-refractivity contribution in [3.8, 4) is 0 Å². The Morgan fingerprint density at radius 2 is 1.83 bits per heavy atom. The highest BCUT2D eigenvalue weighted by Crippen LogP contribution is 2.17. The van der Waals surface area contributed by atoms with Crippen LogP contribution in [-0.2, 0) is 9.53 Å². The highest BCUT2D eigenvalue weighted by molar-refractivity contribution is 5.77. The molecule has 1 saturated carbocycles. The molecule has 1 fully saturated rings. The molecular formula is C13H24N2O3. The van der Waals surface area contributed by atoms with Gasteiger partial charge in [-0.3, -0.25) is 4.79 Å². The molecule has 1 rings (SSSR count). The monoisotopic (exact) mass is 256 g/mol. The zero-order valence-electron chi connectivity index (χ0n) is 11.5. The highest BCUT2D eigenvalue weighted by atomic mass is 16.6. The molecule has 2 N–H and O–H groups in total. The van der Waals surface area contributed by atoms with Crippen molar-refractivity contribution in [2.75, 3.05) is 6.54 Å². The molecule has 0 aromatic heterocycles. The second kappa shape index (κ2) is 6.61. The molecule has 1 aliphatic carbocycles. The number of nitrogens with one attached hydrogen (secondary N) is 2. The highest BCUT2D eigenvalue weighted by Gasteiger charge is 2.18. The molecule has 0 aliphatic heterocycles. The van der Waals surface area contributed by atoms with Crippen molar-refractivity contribution in [2.45, 2.75) is 64.5 Å². The van der Waals surface area contributed by atoms with Crippen LogP contribution in [0.1, 0.15) is 52.9 Å². The van der Waals surface area contributed by atoms with Crippen LogP contribution in [0.4, 0.5) is 4.79 Å². The maximum atomic E-state index is 11.6. The molecule has 0 heterocycles. The number of hydrogen-bond donors (Lipinski definition) is 2. The van der Waals surface area contributed by atoms with Gasteiger partial charge in [0.1, 0.15) is 5.60 Å². The SMILES string of the molecule is CC(C)(C)OC(=O)NCCC(=O)NC1CCCC1. The fourth-order valence-electron chi connectivity index (χ4n) is 1.96. The molecule has 104 valence electrons. The second-order valence-corrected chi connectivity index (χ2v) is 5.73. The first kappa shape index (κ1) is 14.8. The zero-order valence-corrected chi connectivity index (χ0v) is 11.5. The van der Waals surface area contributed by atoms with Crippen LogP contribution in [0.5, 0.6) is 0 Å². The normalized spacial score (nSPS) is 16.4. The summed E-state index contributed by atoms with van der Waals surface area (Å²) in [6.07, 6.45) is 4.37. The lowest BCUT2D eigenvalue weighted by Crippen LogP contribution is -2.37. The molecule has 0 radical (unpaired) electrons. The summed E-state index contributed by atoms with van der Waals surface area (Å²) in [5, 5.41) is 5.54. The zero-order chi connectivity index (χ0) is 13.6. The molecule has 2 amide bonds. The van der Waals surface area contributed by atoms with Crippen LogP contribution in [0.2, 0.25) is 0 Å². The summed E-state index contributed by atoms with van der Waals surface area (Å²) in [5.74, 6) is -0.00189. The number of carbonyl (C=O) groups excluding carboxylic acids is 2. The summed E-state index contributed by atoms with van der Waals surface area (Å²) >= 11 is 0. The van der Waals surface area contributed by atoms with Crippen molar-refractivity contribution in [2.24, 2.45) is 0 Å². The van der Waals surface area contributed by atoms with Gasteiger partial charge in [0.2, 0.25) is 5.91 Å². The van der Waals surface area contributed by atoms with E-state index in [-0.39, 0.29) is 5.91 Å². The molecule has 0 bridgehead atoms. The second-order valence-electron chi connectivity index (χ2n) is 5.73. The van der Waals surface area contributed by atoms with E-state index in [1.807, 2.05) is 0 Å². The quantitative estimate of drug-likeness (QED) is 0.808. The molecule has 0 aromatic rings. The van der Waals surface area contributed by atoms with Crippen LogP contribution in [0.3, 0.4) is 0 Å². The fraction of sp³-hybridized carbons (Fsp3) is 0.846. The van der Waals surface area contributed by atoms with Gasteiger partial charge in [-0.1, -0.05) is 12.8 Å². The third kappa shape index (κ3) is 6.47. The molecule has 0 spiro atoms. The van der Waals surface area contributed by atoms with Crippen molar-refractivity contribution in [1.29, 1.82) is 0 Å². The van der Waals surface area contributed by atoms with E-state index in [2.05, 4.69) is 10.6 Å². The first-order valence-corrected chi connectivity index (χ1v) is 6.63. The summed E-state index contributed by atoms with van der Waals surface area (Å²) in [6.45, 7) is 5.73. The third-order valence-electron chi connectivity index (χ3n) is 2.74. The first-order valence-electron chi connectivity index (χ1n) is 6.63. The fourth-order valence-corrected chi connectivity index (χ4v) is 1.96. The standard InChI is InChI=1S/C13H24N2O3/c1-13(2,3)18-12(17)14-9-8-11(16)15-10-6-4-5-7-10/h10H,4-9H2,1-3H3,(H,14,17)(H,15,16). The minimum Gasteiger partial charge on any atom is -0.444 e. The largest absolute Gasteiger partial charge is 0.444 e. The minimum absolute atomic E-state index is 0.00189. The number of ether oxygens (including phenoxy) is 1. The van der Waals surface area contributed by atoms with Crippen LogP contribution < -0.4 is 10.6 Å². The Morgan fingerprint density at radius 3 is 2.39 bits per heavy atom. The smallest absolute Gasteiger partial charge is 0.407 e. The Hall–Kier alpha value is -1.26. The molecule has 1 aliphatic rings. The lowest BCUT2D eigenvalue weighted by Gasteiger charge is -2.19. The molecule has 5 nitrogen and oxygen atoms in total. The van der Waals surface area contributed by atoms with Gasteiger partial charge >= 0.3 is 6.09 Å². The van der Waals surface area contributed by atoms with Crippen LogP contribution in [0.25, 0.3) is 0 Å². The topological polar surface area (TPSA) is 67.4 Å². The van der Waals surface area contributed by atoms with E-state index in [0.29, 0.717) is 19.0 Å². The van der Waals surface area contributed by atoms with Gasteiger partial charge in [-0.15, -0.1) is 0 Å². The third-order valence-corrected chi connectivity index (χ3v) is 2.74. The van der Waals surface area contributed by atoms with Gasteiger partial charge < -0.3 is 15.4 Å². The van der Waals surface area contributed by atoms with E-state index in [9.17, 15) is 9.59 Å². The summed E-state index contributed by atoms with van der Waals surface area (Å²) in [7, 11) is 0. The van der Waals surface area contributed by atoms with E-state index < -0.39 is 11.7 Å². The number of alkyl carbamates (subject to hydrolysis) is 1. The lowest BCUT2D eigenvalue weighted by atomic mass is 10.2. The van der Waals surface area contributed by atoms with Crippen LogP contribution in [0.15, 0.2) is 0 Å². The predicted octanol–water partition coefficient (Wildman–Crippen LogP) is 1.96.